The first-order valence-corrected chi connectivity index (χ1v) is 6.55. The minimum absolute atomic E-state index is 0.0368. The maximum atomic E-state index is 11.0. The van der Waals surface area contributed by atoms with E-state index in [1.54, 1.807) is 24.3 Å². The van der Waals surface area contributed by atoms with E-state index in [-0.39, 0.29) is 28.2 Å². The number of aromatic nitrogens is 2. The third kappa shape index (κ3) is 3.79. The highest BCUT2D eigenvalue weighted by Gasteiger charge is 2.21. The second-order valence-electron chi connectivity index (χ2n) is 4.38. The predicted octanol–water partition coefficient (Wildman–Crippen LogP) is 2.71. The highest BCUT2D eigenvalue weighted by atomic mass is 35.5. The van der Waals surface area contributed by atoms with Gasteiger partial charge in [-0.25, -0.2) is 4.98 Å². The van der Waals surface area contributed by atoms with Crippen LogP contribution in [-0.4, -0.2) is 26.5 Å². The van der Waals surface area contributed by atoms with E-state index >= 15 is 0 Å². The maximum Gasteiger partial charge on any atom is 0.332 e. The number of benzene rings is 1. The molecule has 21 heavy (non-hydrogen) atoms. The summed E-state index contributed by atoms with van der Waals surface area (Å²) in [6, 6.07) is 6.74. The molecular formula is C13H13ClN4O3. The second-order valence-corrected chi connectivity index (χ2v) is 4.71. The Labute approximate surface area is 125 Å². The van der Waals surface area contributed by atoms with E-state index in [1.807, 2.05) is 0 Å². The van der Waals surface area contributed by atoms with Gasteiger partial charge in [0.2, 0.25) is 11.1 Å². The first kappa shape index (κ1) is 15.0. The van der Waals surface area contributed by atoms with E-state index in [1.165, 1.54) is 6.92 Å². The molecule has 0 aliphatic rings. The minimum Gasteiger partial charge on any atom is -0.508 e. The van der Waals surface area contributed by atoms with E-state index in [0.717, 1.165) is 5.56 Å². The molecule has 0 atom stereocenters. The molecule has 1 aromatic heterocycles. The Balaban J connectivity index is 2.09. The lowest BCUT2D eigenvalue weighted by Crippen LogP contribution is -2.10. The van der Waals surface area contributed by atoms with Crippen LogP contribution in [-0.2, 0) is 6.42 Å². The molecule has 0 amide bonds. The van der Waals surface area contributed by atoms with Gasteiger partial charge in [-0.15, -0.1) is 0 Å². The smallest absolute Gasteiger partial charge is 0.332 e. The summed E-state index contributed by atoms with van der Waals surface area (Å²) in [7, 11) is 0. The van der Waals surface area contributed by atoms with Crippen LogP contribution in [0.25, 0.3) is 0 Å². The molecule has 2 aromatic rings. The summed E-state index contributed by atoms with van der Waals surface area (Å²) in [6.07, 6.45) is 0.623. The Kier molecular flexibility index (Phi) is 4.54. The zero-order valence-corrected chi connectivity index (χ0v) is 12.0. The number of anilines is 1. The average molecular weight is 309 g/mol. The number of hydrogen-bond donors (Lipinski definition) is 2. The molecule has 1 aromatic carbocycles. The van der Waals surface area contributed by atoms with Crippen LogP contribution in [0.3, 0.4) is 0 Å². The van der Waals surface area contributed by atoms with Crippen LogP contribution in [0.15, 0.2) is 24.3 Å². The maximum absolute atomic E-state index is 11.0. The molecule has 2 rings (SSSR count). The third-order valence-corrected chi connectivity index (χ3v) is 3.03. The van der Waals surface area contributed by atoms with Crippen molar-refractivity contribution in [3.05, 3.63) is 50.9 Å². The number of aromatic hydroxyl groups is 1. The van der Waals surface area contributed by atoms with Gasteiger partial charge in [-0.05, 0) is 42.6 Å². The standard InChI is InChI=1S/C13H13ClN4O3/c1-8-11(18(20)21)12(17-13(14)16-8)15-7-6-9-2-4-10(19)5-3-9/h2-5,19H,6-7H2,1H3,(H,15,16,17). The van der Waals surface area contributed by atoms with Crippen molar-refractivity contribution in [1.29, 1.82) is 0 Å². The lowest BCUT2D eigenvalue weighted by molar-refractivity contribution is -0.385. The van der Waals surface area contributed by atoms with Crippen molar-refractivity contribution >= 4 is 23.1 Å². The summed E-state index contributed by atoms with van der Waals surface area (Å²) in [5.74, 6) is 0.303. The summed E-state index contributed by atoms with van der Waals surface area (Å²) < 4.78 is 0. The van der Waals surface area contributed by atoms with Crippen molar-refractivity contribution in [2.24, 2.45) is 0 Å². The SMILES string of the molecule is Cc1nc(Cl)nc(NCCc2ccc(O)cc2)c1[N+](=O)[O-]. The molecule has 2 N–H and O–H groups in total. The number of nitrogens with zero attached hydrogens (tertiary/aromatic N) is 3. The lowest BCUT2D eigenvalue weighted by Gasteiger charge is -2.08. The second kappa shape index (κ2) is 6.36. The first-order valence-electron chi connectivity index (χ1n) is 6.17. The largest absolute Gasteiger partial charge is 0.508 e. The van der Waals surface area contributed by atoms with Gasteiger partial charge in [-0.3, -0.25) is 10.1 Å². The summed E-state index contributed by atoms with van der Waals surface area (Å²) in [6.45, 7) is 1.95. The highest BCUT2D eigenvalue weighted by Crippen LogP contribution is 2.26. The van der Waals surface area contributed by atoms with Gasteiger partial charge in [0, 0.05) is 6.54 Å². The van der Waals surface area contributed by atoms with Gasteiger partial charge >= 0.3 is 5.69 Å². The van der Waals surface area contributed by atoms with Gasteiger partial charge in [0.25, 0.3) is 0 Å². The van der Waals surface area contributed by atoms with Crippen molar-refractivity contribution in [3.63, 3.8) is 0 Å². The van der Waals surface area contributed by atoms with Crippen LogP contribution in [0, 0.1) is 17.0 Å². The van der Waals surface area contributed by atoms with Crippen molar-refractivity contribution in [3.8, 4) is 5.75 Å². The molecule has 0 fully saturated rings. The van der Waals surface area contributed by atoms with E-state index < -0.39 is 4.92 Å². The fourth-order valence-electron chi connectivity index (χ4n) is 1.86. The van der Waals surface area contributed by atoms with Gasteiger partial charge < -0.3 is 10.4 Å². The molecule has 1 heterocycles. The molecule has 0 saturated heterocycles. The van der Waals surface area contributed by atoms with Crippen molar-refractivity contribution in [2.45, 2.75) is 13.3 Å². The summed E-state index contributed by atoms with van der Waals surface area (Å²) in [5, 5.41) is 23.1. The number of nitrogens with one attached hydrogen (secondary N) is 1. The van der Waals surface area contributed by atoms with E-state index in [4.69, 9.17) is 11.6 Å². The summed E-state index contributed by atoms with van der Waals surface area (Å²) >= 11 is 5.73. The highest BCUT2D eigenvalue weighted by molar-refractivity contribution is 6.28. The predicted molar refractivity (Wildman–Crippen MR) is 78.7 cm³/mol. The monoisotopic (exact) mass is 308 g/mol. The summed E-state index contributed by atoms with van der Waals surface area (Å²) in [4.78, 5) is 18.1. The number of phenolic OH excluding ortho intramolecular Hbond substituents is 1. The number of phenols is 1. The molecular weight excluding hydrogens is 296 g/mol. The number of hydrogen-bond acceptors (Lipinski definition) is 6. The number of aryl methyl sites for hydroxylation is 1. The Hall–Kier alpha value is -2.41. The van der Waals surface area contributed by atoms with Crippen LogP contribution in [0.2, 0.25) is 5.28 Å². The Morgan fingerprint density at radius 3 is 2.62 bits per heavy atom. The molecule has 8 heteroatoms. The van der Waals surface area contributed by atoms with Gasteiger partial charge in [-0.1, -0.05) is 12.1 Å². The number of rotatable bonds is 5. The normalized spacial score (nSPS) is 10.4. The van der Waals surface area contributed by atoms with Gasteiger partial charge in [-0.2, -0.15) is 4.98 Å². The molecule has 7 nitrogen and oxygen atoms in total. The average Bonchev–Trinajstić information content (AvgIpc) is 2.39. The van der Waals surface area contributed by atoms with Gasteiger partial charge in [0.1, 0.15) is 11.4 Å². The van der Waals surface area contributed by atoms with E-state index in [0.29, 0.717) is 13.0 Å². The Bertz CT molecular complexity index is 661. The third-order valence-electron chi connectivity index (χ3n) is 2.86. The zero-order valence-electron chi connectivity index (χ0n) is 11.2. The molecule has 0 spiro atoms. The van der Waals surface area contributed by atoms with Crippen LogP contribution in [0.4, 0.5) is 11.5 Å². The summed E-state index contributed by atoms with van der Waals surface area (Å²) in [5.41, 5.74) is 1.03. The van der Waals surface area contributed by atoms with E-state index in [9.17, 15) is 15.2 Å². The Morgan fingerprint density at radius 2 is 2.00 bits per heavy atom. The molecule has 110 valence electrons. The zero-order chi connectivity index (χ0) is 15.4. The molecule has 0 aliphatic carbocycles. The molecule has 0 bridgehead atoms. The fourth-order valence-corrected chi connectivity index (χ4v) is 2.07. The fraction of sp³-hybridized carbons (Fsp3) is 0.231. The number of halogens is 1. The quantitative estimate of drug-likeness (QED) is 0.500. The van der Waals surface area contributed by atoms with Crippen molar-refractivity contribution in [2.75, 3.05) is 11.9 Å². The molecule has 0 radical (unpaired) electrons. The van der Waals surface area contributed by atoms with Crippen molar-refractivity contribution < 1.29 is 10.0 Å². The number of nitro groups is 1. The van der Waals surface area contributed by atoms with Crippen LogP contribution in [0.1, 0.15) is 11.3 Å². The lowest BCUT2D eigenvalue weighted by atomic mass is 10.1. The van der Waals surface area contributed by atoms with Gasteiger partial charge in [0.05, 0.1) is 4.92 Å². The first-order chi connectivity index (χ1) is 9.97. The Morgan fingerprint density at radius 1 is 1.33 bits per heavy atom. The molecule has 0 unspecified atom stereocenters. The van der Waals surface area contributed by atoms with Crippen LogP contribution < -0.4 is 5.32 Å². The topological polar surface area (TPSA) is 101 Å². The van der Waals surface area contributed by atoms with Crippen molar-refractivity contribution in [1.82, 2.24) is 9.97 Å². The van der Waals surface area contributed by atoms with Gasteiger partial charge in [0.15, 0.2) is 0 Å². The van der Waals surface area contributed by atoms with Crippen LogP contribution >= 0.6 is 11.6 Å². The van der Waals surface area contributed by atoms with E-state index in [2.05, 4.69) is 15.3 Å². The minimum atomic E-state index is -0.533. The molecule has 0 saturated carbocycles. The van der Waals surface area contributed by atoms with Crippen LogP contribution in [0.5, 0.6) is 5.75 Å². The molecule has 0 aliphatic heterocycles.